The van der Waals surface area contributed by atoms with Crippen molar-refractivity contribution in [3.63, 3.8) is 0 Å². The molecule has 8 nitrogen and oxygen atoms in total. The van der Waals surface area contributed by atoms with E-state index in [1.807, 2.05) is 31.1 Å². The Morgan fingerprint density at radius 1 is 1.21 bits per heavy atom. The van der Waals surface area contributed by atoms with E-state index in [1.54, 1.807) is 6.07 Å². The van der Waals surface area contributed by atoms with Gasteiger partial charge in [-0.05, 0) is 44.6 Å². The Labute approximate surface area is 197 Å². The number of aromatic nitrogens is 2. The number of rotatable bonds is 8. The van der Waals surface area contributed by atoms with Crippen LogP contribution in [-0.4, -0.2) is 54.1 Å². The Morgan fingerprint density at radius 2 is 1.91 bits per heavy atom. The van der Waals surface area contributed by atoms with Gasteiger partial charge in [-0.15, -0.1) is 0 Å². The second-order valence-electron chi connectivity index (χ2n) is 8.69. The number of carbonyl (C=O) groups excluding carboxylic acids is 1. The topological polar surface area (TPSA) is 91.4 Å². The van der Waals surface area contributed by atoms with Gasteiger partial charge in [0.1, 0.15) is 17.1 Å². The van der Waals surface area contributed by atoms with Crippen molar-refractivity contribution in [3.8, 4) is 5.75 Å². The fraction of sp³-hybridized carbons (Fsp3) is 0.522. The molecule has 34 heavy (non-hydrogen) atoms. The summed E-state index contributed by atoms with van der Waals surface area (Å²) in [7, 11) is 5.42. The summed E-state index contributed by atoms with van der Waals surface area (Å²) < 4.78 is 46.6. The van der Waals surface area contributed by atoms with Crippen molar-refractivity contribution in [2.45, 2.75) is 57.4 Å². The molecule has 0 radical (unpaired) electrons. The first-order chi connectivity index (χ1) is 16.1. The molecule has 2 atom stereocenters. The molecule has 1 saturated carbocycles. The normalized spacial score (nSPS) is 18.5. The van der Waals surface area contributed by atoms with Gasteiger partial charge in [-0.2, -0.15) is 18.2 Å². The molecule has 0 bridgehead atoms. The molecule has 1 aromatic carbocycles. The van der Waals surface area contributed by atoms with E-state index in [0.29, 0.717) is 30.8 Å². The Balaban J connectivity index is 1.89. The number of alkyl halides is 3. The molecule has 1 heterocycles. The molecule has 1 aromatic heterocycles. The second kappa shape index (κ2) is 10.9. The monoisotopic (exact) mass is 480 g/mol. The van der Waals surface area contributed by atoms with Crippen molar-refractivity contribution >= 4 is 23.4 Å². The zero-order valence-electron chi connectivity index (χ0n) is 19.8. The Morgan fingerprint density at radius 3 is 2.53 bits per heavy atom. The van der Waals surface area contributed by atoms with Crippen LogP contribution in [0.5, 0.6) is 5.75 Å². The van der Waals surface area contributed by atoms with Crippen LogP contribution in [0.3, 0.4) is 0 Å². The van der Waals surface area contributed by atoms with Crippen LogP contribution in [0.25, 0.3) is 0 Å². The van der Waals surface area contributed by atoms with Crippen molar-refractivity contribution < 1.29 is 22.7 Å². The number of halogens is 3. The van der Waals surface area contributed by atoms with E-state index >= 15 is 0 Å². The number of carbonyl (C=O) groups is 1. The van der Waals surface area contributed by atoms with Gasteiger partial charge in [-0.1, -0.05) is 18.9 Å². The van der Waals surface area contributed by atoms with E-state index in [2.05, 4.69) is 25.9 Å². The Bertz CT molecular complexity index is 999. The molecule has 0 unspecified atom stereocenters. The third-order valence-corrected chi connectivity index (χ3v) is 5.58. The van der Waals surface area contributed by atoms with Gasteiger partial charge >= 0.3 is 6.18 Å². The number of ether oxygens (including phenoxy) is 1. The van der Waals surface area contributed by atoms with Crippen molar-refractivity contribution in [2.75, 3.05) is 31.8 Å². The standard InChI is InChI=1S/C23H31F3N6O2/c1-14(33)28-17-7-5-6-8-18(17)29-21-16(23(24,25)26)12-27-22(31-21)30-19-10-9-15(13-32(2)3)11-20(19)34-4/h9-12,17-18H,5-8,13H2,1-4H3,(H,28,33)(H2,27,29,30,31)/t17-,18-/m1/s1. The maximum absolute atomic E-state index is 13.7. The average molecular weight is 481 g/mol. The Hall–Kier alpha value is -3.08. The van der Waals surface area contributed by atoms with E-state index in [1.165, 1.54) is 14.0 Å². The molecule has 3 N–H and O–H groups in total. The van der Waals surface area contributed by atoms with Gasteiger partial charge in [0.2, 0.25) is 11.9 Å². The number of nitrogens with zero attached hydrogens (tertiary/aromatic N) is 3. The summed E-state index contributed by atoms with van der Waals surface area (Å²) in [6.45, 7) is 2.11. The smallest absolute Gasteiger partial charge is 0.421 e. The zero-order chi connectivity index (χ0) is 24.9. The molecule has 1 aliphatic rings. The van der Waals surface area contributed by atoms with Gasteiger partial charge < -0.3 is 25.6 Å². The van der Waals surface area contributed by atoms with Crippen LogP contribution < -0.4 is 20.7 Å². The molecule has 2 aromatic rings. The maximum atomic E-state index is 13.7. The van der Waals surface area contributed by atoms with Gasteiger partial charge in [0.15, 0.2) is 0 Å². The first kappa shape index (κ1) is 25.5. The quantitative estimate of drug-likeness (QED) is 0.522. The van der Waals surface area contributed by atoms with E-state index in [0.717, 1.165) is 24.6 Å². The number of hydrogen-bond acceptors (Lipinski definition) is 7. The molecule has 1 fully saturated rings. The van der Waals surface area contributed by atoms with Crippen LogP contribution in [0.15, 0.2) is 24.4 Å². The number of anilines is 3. The predicted molar refractivity (Wildman–Crippen MR) is 124 cm³/mol. The lowest BCUT2D eigenvalue weighted by atomic mass is 9.90. The summed E-state index contributed by atoms with van der Waals surface area (Å²) >= 11 is 0. The predicted octanol–water partition coefficient (Wildman–Crippen LogP) is 4.17. The fourth-order valence-corrected chi connectivity index (χ4v) is 4.10. The molecule has 1 aliphatic carbocycles. The van der Waals surface area contributed by atoms with Crippen LogP contribution in [-0.2, 0) is 17.5 Å². The van der Waals surface area contributed by atoms with Crippen LogP contribution >= 0.6 is 0 Å². The van der Waals surface area contributed by atoms with Crippen LogP contribution in [0, 0.1) is 0 Å². The van der Waals surface area contributed by atoms with E-state index in [-0.39, 0.29) is 29.8 Å². The highest BCUT2D eigenvalue weighted by Crippen LogP contribution is 2.36. The number of amides is 1. The number of methoxy groups -OCH3 is 1. The van der Waals surface area contributed by atoms with Crippen LogP contribution in [0.1, 0.15) is 43.7 Å². The largest absolute Gasteiger partial charge is 0.495 e. The Kier molecular flexibility index (Phi) is 8.19. The molecule has 1 amide bonds. The minimum absolute atomic E-state index is 0.000969. The van der Waals surface area contributed by atoms with E-state index in [4.69, 9.17) is 4.74 Å². The summed E-state index contributed by atoms with van der Waals surface area (Å²) in [6, 6.07) is 4.88. The average Bonchev–Trinajstić information content (AvgIpc) is 2.75. The highest BCUT2D eigenvalue weighted by atomic mass is 19.4. The first-order valence-corrected chi connectivity index (χ1v) is 11.1. The zero-order valence-corrected chi connectivity index (χ0v) is 19.8. The third-order valence-electron chi connectivity index (χ3n) is 5.58. The van der Waals surface area contributed by atoms with Crippen molar-refractivity contribution in [1.82, 2.24) is 20.2 Å². The molecule has 186 valence electrons. The first-order valence-electron chi connectivity index (χ1n) is 11.1. The van der Waals surface area contributed by atoms with Gasteiger partial charge in [0.25, 0.3) is 0 Å². The number of nitrogens with one attached hydrogen (secondary N) is 3. The van der Waals surface area contributed by atoms with Crippen molar-refractivity contribution in [1.29, 1.82) is 0 Å². The van der Waals surface area contributed by atoms with Gasteiger partial charge in [0, 0.05) is 31.7 Å². The molecular formula is C23H31F3N6O2. The van der Waals surface area contributed by atoms with Crippen molar-refractivity contribution in [2.24, 2.45) is 0 Å². The maximum Gasteiger partial charge on any atom is 0.421 e. The summed E-state index contributed by atoms with van der Waals surface area (Å²) in [5, 5.41) is 8.74. The summed E-state index contributed by atoms with van der Waals surface area (Å²) in [6.07, 6.45) is -0.815. The lowest BCUT2D eigenvalue weighted by Gasteiger charge is -2.33. The molecule has 0 spiro atoms. The molecule has 0 saturated heterocycles. The lowest BCUT2D eigenvalue weighted by molar-refractivity contribution is -0.137. The third kappa shape index (κ3) is 6.72. The highest BCUT2D eigenvalue weighted by molar-refractivity contribution is 5.73. The van der Waals surface area contributed by atoms with Crippen molar-refractivity contribution in [3.05, 3.63) is 35.5 Å². The van der Waals surface area contributed by atoms with Crippen LogP contribution in [0.2, 0.25) is 0 Å². The lowest BCUT2D eigenvalue weighted by Crippen LogP contribution is -2.48. The summed E-state index contributed by atoms with van der Waals surface area (Å²) in [5.74, 6) is -0.0172. The molecule has 3 rings (SSSR count). The van der Waals surface area contributed by atoms with Gasteiger partial charge in [0.05, 0.1) is 12.8 Å². The molecule has 11 heteroatoms. The minimum Gasteiger partial charge on any atom is -0.495 e. The summed E-state index contributed by atoms with van der Waals surface area (Å²) in [5.41, 5.74) is 0.590. The highest BCUT2D eigenvalue weighted by Gasteiger charge is 2.37. The second-order valence-corrected chi connectivity index (χ2v) is 8.69. The van der Waals surface area contributed by atoms with Crippen LogP contribution in [0.4, 0.5) is 30.6 Å². The van der Waals surface area contributed by atoms with Gasteiger partial charge in [-0.3, -0.25) is 4.79 Å². The summed E-state index contributed by atoms with van der Waals surface area (Å²) in [4.78, 5) is 21.6. The van der Waals surface area contributed by atoms with E-state index < -0.39 is 11.7 Å². The minimum atomic E-state index is -4.63. The fourth-order valence-electron chi connectivity index (χ4n) is 4.10. The van der Waals surface area contributed by atoms with Gasteiger partial charge in [-0.25, -0.2) is 4.98 Å². The number of benzene rings is 1. The number of hydrogen-bond donors (Lipinski definition) is 3. The SMILES string of the molecule is COc1cc(CN(C)C)ccc1Nc1ncc(C(F)(F)F)c(N[C@@H]2CCCC[C@H]2NC(C)=O)n1. The molecule has 0 aliphatic heterocycles. The van der Waals surface area contributed by atoms with E-state index in [9.17, 15) is 18.0 Å². The molecular weight excluding hydrogens is 449 g/mol.